The van der Waals surface area contributed by atoms with Gasteiger partial charge in [-0.2, -0.15) is 0 Å². The monoisotopic (exact) mass is 300 g/mol. The van der Waals surface area contributed by atoms with Crippen LogP contribution in [0.2, 0.25) is 0 Å². The number of hydrogen-bond donors (Lipinski definition) is 1. The van der Waals surface area contributed by atoms with Gasteiger partial charge in [0, 0.05) is 23.6 Å². The number of rotatable bonds is 2. The Kier molecular flexibility index (Phi) is 4.17. The molecule has 0 amide bonds. The lowest BCUT2D eigenvalue weighted by atomic mass is 9.94. The summed E-state index contributed by atoms with van der Waals surface area (Å²) in [5.41, 5.74) is 7.00. The first-order valence-electron chi connectivity index (χ1n) is 5.98. The smallest absolute Gasteiger partial charge is 0.123 e. The van der Waals surface area contributed by atoms with Crippen molar-refractivity contribution in [1.82, 2.24) is 4.90 Å². The van der Waals surface area contributed by atoms with Gasteiger partial charge in [-0.1, -0.05) is 22.9 Å². The Balaban J connectivity index is 2.03. The minimum atomic E-state index is -0.176. The van der Waals surface area contributed by atoms with E-state index in [4.69, 9.17) is 5.73 Å². The van der Waals surface area contributed by atoms with Gasteiger partial charge in [0.05, 0.1) is 0 Å². The van der Waals surface area contributed by atoms with Gasteiger partial charge in [-0.15, -0.1) is 0 Å². The molecule has 1 heterocycles. The van der Waals surface area contributed by atoms with Crippen LogP contribution < -0.4 is 5.73 Å². The van der Waals surface area contributed by atoms with Crippen molar-refractivity contribution in [3.8, 4) is 0 Å². The number of nitrogens with zero attached hydrogens (tertiary/aromatic N) is 1. The van der Waals surface area contributed by atoms with Crippen LogP contribution in [0.25, 0.3) is 0 Å². The summed E-state index contributed by atoms with van der Waals surface area (Å²) < 4.78 is 14.2. The molecular formula is C13H18BrFN2. The van der Waals surface area contributed by atoms with Gasteiger partial charge < -0.3 is 5.73 Å². The average Bonchev–Trinajstić information content (AvgIpc) is 2.29. The van der Waals surface area contributed by atoms with E-state index in [1.807, 2.05) is 0 Å². The quantitative estimate of drug-likeness (QED) is 0.910. The molecule has 0 aliphatic carbocycles. The predicted octanol–water partition coefficient (Wildman–Crippen LogP) is 2.76. The van der Waals surface area contributed by atoms with Crippen molar-refractivity contribution in [2.24, 2.45) is 11.7 Å². The van der Waals surface area contributed by atoms with Crippen molar-refractivity contribution in [1.29, 1.82) is 0 Å². The summed E-state index contributed by atoms with van der Waals surface area (Å²) in [5.74, 6) is 0.334. The number of nitrogens with two attached hydrogens (primary N) is 1. The maximum Gasteiger partial charge on any atom is 0.123 e. The molecule has 0 spiro atoms. The van der Waals surface area contributed by atoms with Crippen LogP contribution in [0.4, 0.5) is 4.39 Å². The molecule has 2 unspecified atom stereocenters. The minimum Gasteiger partial charge on any atom is -0.327 e. The third-order valence-corrected chi connectivity index (χ3v) is 4.23. The summed E-state index contributed by atoms with van der Waals surface area (Å²) in [4.78, 5) is 2.34. The highest BCUT2D eigenvalue weighted by atomic mass is 79.9. The Hall–Kier alpha value is -0.450. The summed E-state index contributed by atoms with van der Waals surface area (Å²) in [6.45, 7) is 4.95. The first-order chi connectivity index (χ1) is 8.06. The lowest BCUT2D eigenvalue weighted by Crippen LogP contribution is -2.45. The van der Waals surface area contributed by atoms with Crippen LogP contribution >= 0.6 is 15.9 Å². The highest BCUT2D eigenvalue weighted by Gasteiger charge is 2.23. The Bertz CT molecular complexity index is 397. The molecule has 1 saturated heterocycles. The topological polar surface area (TPSA) is 29.3 Å². The lowest BCUT2D eigenvalue weighted by molar-refractivity contribution is 0.157. The van der Waals surface area contributed by atoms with Crippen LogP contribution in [-0.4, -0.2) is 24.0 Å². The molecule has 2 nitrogen and oxygen atoms in total. The summed E-state index contributed by atoms with van der Waals surface area (Å²) >= 11 is 3.47. The first kappa shape index (κ1) is 13.0. The fourth-order valence-electron chi connectivity index (χ4n) is 2.30. The number of halogens is 2. The predicted molar refractivity (Wildman–Crippen MR) is 71.1 cm³/mol. The zero-order chi connectivity index (χ0) is 12.4. The maximum atomic E-state index is 13.2. The number of hydrogen-bond acceptors (Lipinski definition) is 2. The molecule has 1 aromatic rings. The van der Waals surface area contributed by atoms with E-state index in [9.17, 15) is 4.39 Å². The normalized spacial score (nSPS) is 26.1. The Morgan fingerprint density at radius 1 is 1.53 bits per heavy atom. The van der Waals surface area contributed by atoms with E-state index in [0.29, 0.717) is 12.0 Å². The van der Waals surface area contributed by atoms with Gasteiger partial charge in [0.15, 0.2) is 0 Å². The largest absolute Gasteiger partial charge is 0.327 e. The summed E-state index contributed by atoms with van der Waals surface area (Å²) in [7, 11) is 0. The second kappa shape index (κ2) is 5.46. The highest BCUT2D eigenvalue weighted by Crippen LogP contribution is 2.22. The minimum absolute atomic E-state index is 0.176. The van der Waals surface area contributed by atoms with Crippen LogP contribution in [0.1, 0.15) is 18.9 Å². The molecule has 2 atom stereocenters. The van der Waals surface area contributed by atoms with Crippen molar-refractivity contribution in [2.45, 2.75) is 25.9 Å². The van der Waals surface area contributed by atoms with Crippen LogP contribution in [0.3, 0.4) is 0 Å². The number of piperidine rings is 1. The average molecular weight is 301 g/mol. The number of benzene rings is 1. The van der Waals surface area contributed by atoms with Gasteiger partial charge in [0.25, 0.3) is 0 Å². The van der Waals surface area contributed by atoms with Gasteiger partial charge in [-0.3, -0.25) is 4.90 Å². The molecule has 17 heavy (non-hydrogen) atoms. The van der Waals surface area contributed by atoms with E-state index in [2.05, 4.69) is 27.8 Å². The molecular weight excluding hydrogens is 283 g/mol. The third-order valence-electron chi connectivity index (χ3n) is 3.46. The number of likely N-dealkylation sites (tertiary alicyclic amines) is 1. The second-order valence-electron chi connectivity index (χ2n) is 4.90. The molecule has 94 valence electrons. The Morgan fingerprint density at radius 3 is 3.00 bits per heavy atom. The molecule has 1 aliphatic rings. The van der Waals surface area contributed by atoms with Crippen molar-refractivity contribution < 1.29 is 4.39 Å². The zero-order valence-electron chi connectivity index (χ0n) is 10.00. The van der Waals surface area contributed by atoms with Crippen LogP contribution in [-0.2, 0) is 6.54 Å². The van der Waals surface area contributed by atoms with E-state index >= 15 is 0 Å². The SMILES string of the molecule is CC1CN(Cc2cc(F)ccc2Br)CCC1N. The fraction of sp³-hybridized carbons (Fsp3) is 0.538. The van der Waals surface area contributed by atoms with Gasteiger partial charge in [0.1, 0.15) is 5.82 Å². The van der Waals surface area contributed by atoms with Crippen LogP contribution in [0, 0.1) is 11.7 Å². The van der Waals surface area contributed by atoms with Crippen molar-refractivity contribution in [3.63, 3.8) is 0 Å². The van der Waals surface area contributed by atoms with Crippen molar-refractivity contribution in [2.75, 3.05) is 13.1 Å². The third kappa shape index (κ3) is 3.27. The Morgan fingerprint density at radius 2 is 2.29 bits per heavy atom. The molecule has 0 aromatic heterocycles. The zero-order valence-corrected chi connectivity index (χ0v) is 11.6. The maximum absolute atomic E-state index is 13.2. The second-order valence-corrected chi connectivity index (χ2v) is 5.75. The lowest BCUT2D eigenvalue weighted by Gasteiger charge is -2.35. The molecule has 2 N–H and O–H groups in total. The van der Waals surface area contributed by atoms with Crippen molar-refractivity contribution in [3.05, 3.63) is 34.1 Å². The van der Waals surface area contributed by atoms with E-state index in [0.717, 1.165) is 36.1 Å². The van der Waals surface area contributed by atoms with Gasteiger partial charge in [-0.05, 0) is 42.6 Å². The van der Waals surface area contributed by atoms with Gasteiger partial charge in [0.2, 0.25) is 0 Å². The van der Waals surface area contributed by atoms with E-state index in [1.54, 1.807) is 12.1 Å². The van der Waals surface area contributed by atoms with Crippen molar-refractivity contribution >= 4 is 15.9 Å². The molecule has 1 aromatic carbocycles. The molecule has 2 rings (SSSR count). The molecule has 0 radical (unpaired) electrons. The standard InChI is InChI=1S/C13H18BrFN2/c1-9-7-17(5-4-13(9)16)8-10-6-11(15)2-3-12(10)14/h2-3,6,9,13H,4-5,7-8,16H2,1H3. The molecule has 1 fully saturated rings. The molecule has 0 bridgehead atoms. The summed E-state index contributed by atoms with van der Waals surface area (Å²) in [6.07, 6.45) is 1.02. The molecule has 0 saturated carbocycles. The van der Waals surface area contributed by atoms with Crippen LogP contribution in [0.15, 0.2) is 22.7 Å². The fourth-order valence-corrected chi connectivity index (χ4v) is 2.67. The van der Waals surface area contributed by atoms with Gasteiger partial charge in [-0.25, -0.2) is 4.39 Å². The van der Waals surface area contributed by atoms with Crippen LogP contribution in [0.5, 0.6) is 0 Å². The molecule has 4 heteroatoms. The van der Waals surface area contributed by atoms with E-state index in [-0.39, 0.29) is 5.82 Å². The molecule has 1 aliphatic heterocycles. The highest BCUT2D eigenvalue weighted by molar-refractivity contribution is 9.10. The van der Waals surface area contributed by atoms with E-state index in [1.165, 1.54) is 6.07 Å². The summed E-state index contributed by atoms with van der Waals surface area (Å²) in [6, 6.07) is 5.15. The Labute approximate surface area is 110 Å². The summed E-state index contributed by atoms with van der Waals surface area (Å²) in [5, 5.41) is 0. The first-order valence-corrected chi connectivity index (χ1v) is 6.77. The van der Waals surface area contributed by atoms with E-state index < -0.39 is 0 Å². The van der Waals surface area contributed by atoms with Gasteiger partial charge >= 0.3 is 0 Å².